The lowest BCUT2D eigenvalue weighted by molar-refractivity contribution is -0.149. The van der Waals surface area contributed by atoms with E-state index in [0.717, 1.165) is 6.42 Å². The zero-order valence-electron chi connectivity index (χ0n) is 9.06. The van der Waals surface area contributed by atoms with Crippen LogP contribution in [0, 0.1) is 5.41 Å². The summed E-state index contributed by atoms with van der Waals surface area (Å²) >= 11 is 4.21. The molecule has 1 N–H and O–H groups in total. The molecule has 4 nitrogen and oxygen atoms in total. The fourth-order valence-corrected chi connectivity index (χ4v) is 2.45. The Balaban J connectivity index is 2.84. The second-order valence-electron chi connectivity index (χ2n) is 4.05. The first kappa shape index (κ1) is 12.4. The van der Waals surface area contributed by atoms with Crippen LogP contribution in [0.4, 0.5) is 0 Å². The van der Waals surface area contributed by atoms with Crippen molar-refractivity contribution in [2.75, 3.05) is 12.3 Å². The van der Waals surface area contributed by atoms with E-state index in [2.05, 4.69) is 12.6 Å². The van der Waals surface area contributed by atoms with Gasteiger partial charge in [-0.05, 0) is 19.8 Å². The van der Waals surface area contributed by atoms with Gasteiger partial charge in [0.2, 0.25) is 5.91 Å². The molecule has 1 unspecified atom stereocenters. The molecule has 0 saturated carbocycles. The lowest BCUT2D eigenvalue weighted by Gasteiger charge is -2.26. The summed E-state index contributed by atoms with van der Waals surface area (Å²) in [5, 5.41) is 8.86. The summed E-state index contributed by atoms with van der Waals surface area (Å²) in [7, 11) is 0. The van der Waals surface area contributed by atoms with Gasteiger partial charge >= 0.3 is 5.97 Å². The summed E-state index contributed by atoms with van der Waals surface area (Å²) < 4.78 is 0. The predicted molar refractivity (Wildman–Crippen MR) is 60.0 cm³/mol. The number of carbonyl (C=O) groups is 2. The standard InChI is InChI=1S/C10H17NO3S/c1-3-10(6-15)4-5-11(9(10)14)7(2)8(12)13/h7,15H,3-6H2,1-2H3,(H,12,13)/t7-,10?/m0/s1. The Kier molecular flexibility index (Phi) is 3.65. The highest BCUT2D eigenvalue weighted by molar-refractivity contribution is 7.80. The van der Waals surface area contributed by atoms with E-state index in [1.54, 1.807) is 6.92 Å². The van der Waals surface area contributed by atoms with Crippen LogP contribution in [-0.2, 0) is 9.59 Å². The Bertz CT molecular complexity index is 276. The molecule has 0 aromatic heterocycles. The van der Waals surface area contributed by atoms with Crippen molar-refractivity contribution in [2.24, 2.45) is 5.41 Å². The first-order valence-electron chi connectivity index (χ1n) is 5.13. The third-order valence-corrected chi connectivity index (χ3v) is 3.96. The van der Waals surface area contributed by atoms with Gasteiger partial charge < -0.3 is 10.0 Å². The van der Waals surface area contributed by atoms with Crippen LogP contribution in [0.2, 0.25) is 0 Å². The molecular weight excluding hydrogens is 214 g/mol. The molecule has 0 aromatic rings. The molecule has 86 valence electrons. The number of aliphatic carboxylic acids is 1. The van der Waals surface area contributed by atoms with Gasteiger partial charge in [0.1, 0.15) is 6.04 Å². The van der Waals surface area contributed by atoms with Gasteiger partial charge in [0.15, 0.2) is 0 Å². The highest BCUT2D eigenvalue weighted by atomic mass is 32.1. The summed E-state index contributed by atoms with van der Waals surface area (Å²) in [6.45, 7) is 4.02. The molecule has 0 spiro atoms. The number of hydrogen-bond donors (Lipinski definition) is 2. The number of thiol groups is 1. The van der Waals surface area contributed by atoms with Crippen LogP contribution >= 0.6 is 12.6 Å². The number of hydrogen-bond acceptors (Lipinski definition) is 3. The number of carboxylic acids is 1. The Hall–Kier alpha value is -0.710. The van der Waals surface area contributed by atoms with Crippen LogP contribution in [0.5, 0.6) is 0 Å². The summed E-state index contributed by atoms with van der Waals surface area (Å²) in [6.07, 6.45) is 1.43. The number of likely N-dealkylation sites (tertiary alicyclic amines) is 1. The second-order valence-corrected chi connectivity index (χ2v) is 4.37. The lowest BCUT2D eigenvalue weighted by atomic mass is 9.86. The van der Waals surface area contributed by atoms with Gasteiger partial charge in [-0.25, -0.2) is 4.79 Å². The van der Waals surface area contributed by atoms with Crippen LogP contribution in [-0.4, -0.2) is 40.2 Å². The maximum Gasteiger partial charge on any atom is 0.326 e. The summed E-state index contributed by atoms with van der Waals surface area (Å²) in [4.78, 5) is 24.3. The SMILES string of the molecule is CCC1(CS)CCN([C@@H](C)C(=O)O)C1=O. The molecule has 0 aliphatic carbocycles. The first-order chi connectivity index (χ1) is 6.98. The van der Waals surface area contributed by atoms with Crippen molar-refractivity contribution in [3.8, 4) is 0 Å². The minimum absolute atomic E-state index is 0.0603. The molecule has 1 heterocycles. The van der Waals surface area contributed by atoms with Crippen LogP contribution in [0.25, 0.3) is 0 Å². The van der Waals surface area contributed by atoms with Crippen molar-refractivity contribution in [2.45, 2.75) is 32.7 Å². The minimum atomic E-state index is -0.950. The highest BCUT2D eigenvalue weighted by Gasteiger charge is 2.46. The molecule has 1 fully saturated rings. The molecule has 0 aromatic carbocycles. The maximum atomic E-state index is 12.0. The fraction of sp³-hybridized carbons (Fsp3) is 0.800. The van der Waals surface area contributed by atoms with E-state index in [4.69, 9.17) is 5.11 Å². The van der Waals surface area contributed by atoms with Gasteiger partial charge in [0, 0.05) is 12.3 Å². The smallest absolute Gasteiger partial charge is 0.326 e. The van der Waals surface area contributed by atoms with E-state index in [9.17, 15) is 9.59 Å². The van der Waals surface area contributed by atoms with Crippen molar-refractivity contribution in [1.29, 1.82) is 0 Å². The van der Waals surface area contributed by atoms with E-state index >= 15 is 0 Å². The zero-order chi connectivity index (χ0) is 11.6. The van der Waals surface area contributed by atoms with Crippen molar-refractivity contribution < 1.29 is 14.7 Å². The van der Waals surface area contributed by atoms with E-state index < -0.39 is 17.4 Å². The summed E-state index contributed by atoms with van der Waals surface area (Å²) in [6, 6.07) is -0.731. The van der Waals surface area contributed by atoms with Crippen molar-refractivity contribution in [3.05, 3.63) is 0 Å². The number of carboxylic acid groups (broad SMARTS) is 1. The Labute approximate surface area is 95.1 Å². The quantitative estimate of drug-likeness (QED) is 0.710. The molecule has 1 saturated heterocycles. The predicted octanol–water partition coefficient (Wildman–Crippen LogP) is 1.02. The zero-order valence-corrected chi connectivity index (χ0v) is 9.96. The highest BCUT2D eigenvalue weighted by Crippen LogP contribution is 2.37. The number of nitrogens with zero attached hydrogens (tertiary/aromatic N) is 1. The Morgan fingerprint density at radius 2 is 2.33 bits per heavy atom. The van der Waals surface area contributed by atoms with Gasteiger partial charge in [-0.1, -0.05) is 6.92 Å². The first-order valence-corrected chi connectivity index (χ1v) is 5.76. The van der Waals surface area contributed by atoms with Crippen molar-refractivity contribution >= 4 is 24.5 Å². The summed E-state index contributed by atoms with van der Waals surface area (Å²) in [5.74, 6) is -0.519. The third-order valence-electron chi connectivity index (χ3n) is 3.35. The van der Waals surface area contributed by atoms with Crippen LogP contribution in [0.3, 0.4) is 0 Å². The van der Waals surface area contributed by atoms with Crippen molar-refractivity contribution in [3.63, 3.8) is 0 Å². The maximum absolute atomic E-state index is 12.0. The molecular formula is C10H17NO3S. The lowest BCUT2D eigenvalue weighted by Crippen LogP contribution is -2.43. The largest absolute Gasteiger partial charge is 0.480 e. The van der Waals surface area contributed by atoms with E-state index in [-0.39, 0.29) is 5.91 Å². The van der Waals surface area contributed by atoms with Gasteiger partial charge in [-0.2, -0.15) is 12.6 Å². The monoisotopic (exact) mass is 231 g/mol. The van der Waals surface area contributed by atoms with E-state index in [1.165, 1.54) is 4.90 Å². The minimum Gasteiger partial charge on any atom is -0.480 e. The average molecular weight is 231 g/mol. The van der Waals surface area contributed by atoms with Crippen LogP contribution < -0.4 is 0 Å². The topological polar surface area (TPSA) is 57.6 Å². The molecule has 0 radical (unpaired) electrons. The van der Waals surface area contributed by atoms with Gasteiger partial charge in [0.25, 0.3) is 0 Å². The molecule has 0 bridgehead atoms. The second kappa shape index (κ2) is 4.43. The Morgan fingerprint density at radius 3 is 2.67 bits per heavy atom. The van der Waals surface area contributed by atoms with Gasteiger partial charge in [-0.3, -0.25) is 4.79 Å². The summed E-state index contributed by atoms with van der Waals surface area (Å²) in [5.41, 5.74) is -0.438. The van der Waals surface area contributed by atoms with E-state index in [0.29, 0.717) is 18.7 Å². The van der Waals surface area contributed by atoms with E-state index in [1.807, 2.05) is 6.92 Å². The van der Waals surface area contributed by atoms with Crippen molar-refractivity contribution in [1.82, 2.24) is 4.90 Å². The third kappa shape index (κ3) is 1.97. The Morgan fingerprint density at radius 1 is 1.73 bits per heavy atom. The number of amides is 1. The van der Waals surface area contributed by atoms with Gasteiger partial charge in [-0.15, -0.1) is 0 Å². The molecule has 1 amide bonds. The fourth-order valence-electron chi connectivity index (χ4n) is 1.94. The van der Waals surface area contributed by atoms with Crippen LogP contribution in [0.15, 0.2) is 0 Å². The molecule has 1 rings (SSSR count). The molecule has 1 aliphatic rings. The average Bonchev–Trinajstić information content (AvgIpc) is 2.55. The number of rotatable bonds is 4. The molecule has 1 aliphatic heterocycles. The molecule has 5 heteroatoms. The number of carbonyl (C=O) groups excluding carboxylic acids is 1. The van der Waals surface area contributed by atoms with Gasteiger partial charge in [0.05, 0.1) is 5.41 Å². The normalized spacial score (nSPS) is 28.2. The van der Waals surface area contributed by atoms with Crippen LogP contribution in [0.1, 0.15) is 26.7 Å². The molecule has 15 heavy (non-hydrogen) atoms. The molecule has 2 atom stereocenters.